The molecule has 0 fully saturated rings. The van der Waals surface area contributed by atoms with Crippen molar-refractivity contribution < 1.29 is 17.6 Å². The van der Waals surface area contributed by atoms with Gasteiger partial charge in [-0.25, -0.2) is 17.5 Å². The minimum absolute atomic E-state index is 0.148. The zero-order valence-electron chi connectivity index (χ0n) is 12.7. The molecule has 23 heavy (non-hydrogen) atoms. The van der Waals surface area contributed by atoms with E-state index in [-0.39, 0.29) is 10.8 Å². The fourth-order valence-electron chi connectivity index (χ4n) is 2.01. The fraction of sp³-hybridized carbons (Fsp3) is 0.267. The van der Waals surface area contributed by atoms with Crippen molar-refractivity contribution in [2.45, 2.75) is 17.2 Å². The molecule has 0 spiro atoms. The highest BCUT2D eigenvalue weighted by Gasteiger charge is 2.22. The van der Waals surface area contributed by atoms with Crippen LogP contribution in [0, 0.1) is 5.82 Å². The van der Waals surface area contributed by atoms with Crippen molar-refractivity contribution >= 4 is 27.3 Å². The number of carbonyl (C=O) groups excluding carboxylic acids is 1. The lowest BCUT2D eigenvalue weighted by molar-refractivity contribution is -0.130. The predicted molar refractivity (Wildman–Crippen MR) is 87.1 cm³/mol. The van der Waals surface area contributed by atoms with E-state index in [1.807, 2.05) is 0 Å². The number of thiophene rings is 1. The molecular weight excluding hydrogens is 339 g/mol. The third-order valence-corrected chi connectivity index (χ3v) is 6.30. The minimum atomic E-state index is -3.70. The number of hydrogen-bond acceptors (Lipinski definition) is 4. The molecule has 1 heterocycles. The van der Waals surface area contributed by atoms with Gasteiger partial charge in [-0.05, 0) is 24.4 Å². The molecule has 0 saturated heterocycles. The number of halogens is 1. The Balaban J connectivity index is 2.02. The number of nitrogens with one attached hydrogen (secondary N) is 1. The molecule has 124 valence electrons. The van der Waals surface area contributed by atoms with Crippen LogP contribution >= 0.6 is 11.3 Å². The van der Waals surface area contributed by atoms with Crippen LogP contribution in [0.5, 0.6) is 0 Å². The highest BCUT2D eigenvalue weighted by Crippen LogP contribution is 2.21. The Morgan fingerprint density at radius 3 is 2.61 bits per heavy atom. The SMILES string of the molecule is CC(c1ccccc1F)N(C)C(=O)CNS(=O)(=O)c1cccs1. The third kappa shape index (κ3) is 4.15. The molecule has 0 bridgehead atoms. The van der Waals surface area contributed by atoms with Crippen molar-refractivity contribution in [1.29, 1.82) is 0 Å². The predicted octanol–water partition coefficient (Wildman–Crippen LogP) is 2.39. The lowest BCUT2D eigenvalue weighted by atomic mass is 10.1. The number of sulfonamides is 1. The lowest BCUT2D eigenvalue weighted by Crippen LogP contribution is -2.39. The lowest BCUT2D eigenvalue weighted by Gasteiger charge is -2.25. The molecular formula is C15H17FN2O3S2. The summed E-state index contributed by atoms with van der Waals surface area (Å²) in [4.78, 5) is 13.5. The molecule has 0 aliphatic heterocycles. The number of hydrogen-bond donors (Lipinski definition) is 1. The first kappa shape index (κ1) is 17.6. The van der Waals surface area contributed by atoms with Gasteiger partial charge in [-0.2, -0.15) is 0 Å². The Morgan fingerprint density at radius 2 is 2.00 bits per heavy atom. The Morgan fingerprint density at radius 1 is 1.30 bits per heavy atom. The summed E-state index contributed by atoms with van der Waals surface area (Å²) in [5.74, 6) is -0.847. The summed E-state index contributed by atoms with van der Waals surface area (Å²) in [6.45, 7) is 1.31. The van der Waals surface area contributed by atoms with Gasteiger partial charge in [0, 0.05) is 12.6 Å². The summed E-state index contributed by atoms with van der Waals surface area (Å²) in [5, 5.41) is 1.64. The molecule has 0 saturated carbocycles. The van der Waals surface area contributed by atoms with Gasteiger partial charge in [0.15, 0.2) is 0 Å². The van der Waals surface area contributed by atoms with E-state index in [2.05, 4.69) is 4.72 Å². The molecule has 0 aliphatic rings. The van der Waals surface area contributed by atoms with Crippen molar-refractivity contribution in [1.82, 2.24) is 9.62 Å². The maximum atomic E-state index is 13.8. The minimum Gasteiger partial charge on any atom is -0.338 e. The fourth-order valence-corrected chi connectivity index (χ4v) is 4.02. The van der Waals surface area contributed by atoms with Crippen LogP contribution in [-0.4, -0.2) is 32.8 Å². The summed E-state index contributed by atoms with van der Waals surface area (Å²) in [5.41, 5.74) is 0.379. The maximum absolute atomic E-state index is 13.8. The number of rotatable bonds is 6. The number of benzene rings is 1. The van der Waals surface area contributed by atoms with Crippen molar-refractivity contribution in [2.24, 2.45) is 0 Å². The zero-order valence-corrected chi connectivity index (χ0v) is 14.3. The van der Waals surface area contributed by atoms with Gasteiger partial charge >= 0.3 is 0 Å². The number of carbonyl (C=O) groups is 1. The largest absolute Gasteiger partial charge is 0.338 e. The molecule has 1 N–H and O–H groups in total. The summed E-state index contributed by atoms with van der Waals surface area (Å²) in [6, 6.07) is 8.75. The molecule has 0 aliphatic carbocycles. The van der Waals surface area contributed by atoms with Gasteiger partial charge in [-0.1, -0.05) is 24.3 Å². The average molecular weight is 356 g/mol. The quantitative estimate of drug-likeness (QED) is 0.864. The van der Waals surface area contributed by atoms with Crippen LogP contribution in [0.25, 0.3) is 0 Å². The van der Waals surface area contributed by atoms with Gasteiger partial charge in [0.25, 0.3) is 10.0 Å². The number of amides is 1. The smallest absolute Gasteiger partial charge is 0.250 e. The topological polar surface area (TPSA) is 66.5 Å². The van der Waals surface area contributed by atoms with Crippen LogP contribution in [0.1, 0.15) is 18.5 Å². The third-order valence-electron chi connectivity index (χ3n) is 3.50. The Labute approximate surface area is 138 Å². The molecule has 1 amide bonds. The molecule has 5 nitrogen and oxygen atoms in total. The van der Waals surface area contributed by atoms with Crippen LogP contribution in [0.15, 0.2) is 46.0 Å². The van der Waals surface area contributed by atoms with E-state index in [1.54, 1.807) is 36.6 Å². The normalized spacial score (nSPS) is 12.8. The van der Waals surface area contributed by atoms with E-state index in [0.717, 1.165) is 11.3 Å². The second-order valence-corrected chi connectivity index (χ2v) is 7.90. The summed E-state index contributed by atoms with van der Waals surface area (Å²) >= 11 is 1.07. The van der Waals surface area contributed by atoms with Gasteiger partial charge < -0.3 is 4.90 Å². The highest BCUT2D eigenvalue weighted by atomic mass is 32.2. The highest BCUT2D eigenvalue weighted by molar-refractivity contribution is 7.91. The Kier molecular flexibility index (Phi) is 5.51. The van der Waals surface area contributed by atoms with E-state index >= 15 is 0 Å². The van der Waals surface area contributed by atoms with Crippen LogP contribution in [0.4, 0.5) is 4.39 Å². The van der Waals surface area contributed by atoms with E-state index in [9.17, 15) is 17.6 Å². The van der Waals surface area contributed by atoms with E-state index in [1.165, 1.54) is 24.1 Å². The van der Waals surface area contributed by atoms with Crippen molar-refractivity contribution in [3.63, 3.8) is 0 Å². The zero-order chi connectivity index (χ0) is 17.0. The van der Waals surface area contributed by atoms with Gasteiger partial charge in [0.05, 0.1) is 12.6 Å². The van der Waals surface area contributed by atoms with Gasteiger partial charge in [0.1, 0.15) is 10.0 Å². The van der Waals surface area contributed by atoms with Crippen LogP contribution in [0.3, 0.4) is 0 Å². The first-order chi connectivity index (χ1) is 10.8. The Hall–Kier alpha value is -1.77. The van der Waals surface area contributed by atoms with Gasteiger partial charge in [0.2, 0.25) is 5.91 Å². The monoisotopic (exact) mass is 356 g/mol. The van der Waals surface area contributed by atoms with Gasteiger partial charge in [-0.15, -0.1) is 11.3 Å². The second-order valence-electron chi connectivity index (χ2n) is 4.96. The van der Waals surface area contributed by atoms with Crippen molar-refractivity contribution in [3.05, 3.63) is 53.2 Å². The van der Waals surface area contributed by atoms with E-state index in [4.69, 9.17) is 0 Å². The number of nitrogens with zero attached hydrogens (tertiary/aromatic N) is 1. The van der Waals surface area contributed by atoms with E-state index < -0.39 is 27.8 Å². The molecule has 2 aromatic rings. The first-order valence-corrected chi connectivity index (χ1v) is 9.22. The van der Waals surface area contributed by atoms with Crippen LogP contribution in [-0.2, 0) is 14.8 Å². The summed E-state index contributed by atoms with van der Waals surface area (Å²) in [7, 11) is -2.18. The van der Waals surface area contributed by atoms with Crippen LogP contribution in [0.2, 0.25) is 0 Å². The van der Waals surface area contributed by atoms with Crippen LogP contribution < -0.4 is 4.72 Å². The second kappa shape index (κ2) is 7.20. The number of likely N-dealkylation sites (N-methyl/N-ethyl adjacent to an activating group) is 1. The maximum Gasteiger partial charge on any atom is 0.250 e. The molecule has 8 heteroatoms. The molecule has 1 aromatic carbocycles. The molecule has 0 radical (unpaired) electrons. The van der Waals surface area contributed by atoms with Crippen molar-refractivity contribution in [3.8, 4) is 0 Å². The van der Waals surface area contributed by atoms with Gasteiger partial charge in [-0.3, -0.25) is 4.79 Å². The first-order valence-electron chi connectivity index (χ1n) is 6.86. The molecule has 1 unspecified atom stereocenters. The standard InChI is InChI=1S/C15H17FN2O3S2/c1-11(12-6-3-4-7-13(12)16)18(2)14(19)10-17-23(20,21)15-8-5-9-22-15/h3-9,11,17H,10H2,1-2H3. The summed E-state index contributed by atoms with van der Waals surface area (Å²) in [6.07, 6.45) is 0. The van der Waals surface area contributed by atoms with E-state index in [0.29, 0.717) is 5.56 Å². The Bertz CT molecular complexity index is 776. The molecule has 2 rings (SSSR count). The summed E-state index contributed by atoms with van der Waals surface area (Å²) < 4.78 is 40.2. The van der Waals surface area contributed by atoms with Crippen molar-refractivity contribution in [2.75, 3.05) is 13.6 Å². The molecule has 1 aromatic heterocycles. The average Bonchev–Trinajstić information content (AvgIpc) is 3.07. The molecule has 1 atom stereocenters.